The fraction of sp³-hybridized carbons (Fsp3) is 0.200. The van der Waals surface area contributed by atoms with Gasteiger partial charge in [0.25, 0.3) is 0 Å². The van der Waals surface area contributed by atoms with Gasteiger partial charge in [0.05, 0.1) is 4.90 Å². The van der Waals surface area contributed by atoms with Gasteiger partial charge in [0.1, 0.15) is 0 Å². The van der Waals surface area contributed by atoms with Gasteiger partial charge in [0, 0.05) is 12.7 Å². The minimum Gasteiger partial charge on any atom is -0.295 e. The van der Waals surface area contributed by atoms with E-state index in [1.807, 2.05) is 47.8 Å². The first kappa shape index (κ1) is 8.51. The molecule has 2 nitrogen and oxygen atoms in total. The van der Waals surface area contributed by atoms with E-state index in [1.54, 1.807) is 0 Å². The normalized spacial score (nSPS) is 20.1. The van der Waals surface area contributed by atoms with Crippen LogP contribution in [0.3, 0.4) is 0 Å². The largest absolute Gasteiger partial charge is 0.295 e. The second kappa shape index (κ2) is 3.34. The van der Waals surface area contributed by atoms with Gasteiger partial charge in [-0.1, -0.05) is 18.2 Å². The molecule has 1 heterocycles. The van der Waals surface area contributed by atoms with Crippen LogP contribution in [0.5, 0.6) is 0 Å². The molecule has 1 atom stereocenters. The average molecular weight is 193 g/mol. The minimum absolute atomic E-state index is 0.775. The fourth-order valence-electron chi connectivity index (χ4n) is 1.34. The summed E-state index contributed by atoms with van der Waals surface area (Å²) in [6, 6.07) is 7.78. The van der Waals surface area contributed by atoms with Crippen LogP contribution in [0.1, 0.15) is 12.5 Å². The Bertz CT molecular complexity index is 373. The number of hydrogen-bond acceptors (Lipinski definition) is 1. The summed E-state index contributed by atoms with van der Waals surface area (Å²) >= 11 is 0. The molecule has 0 radical (unpaired) electrons. The Morgan fingerprint density at radius 1 is 1.38 bits per heavy atom. The zero-order valence-corrected chi connectivity index (χ0v) is 8.25. The lowest BCUT2D eigenvalue weighted by atomic mass is 10.2. The maximum absolute atomic E-state index is 11.8. The maximum atomic E-state index is 11.8. The van der Waals surface area contributed by atoms with Gasteiger partial charge in [-0.15, -0.1) is 0 Å². The van der Waals surface area contributed by atoms with Gasteiger partial charge in [0.2, 0.25) is 0 Å². The maximum Gasteiger partial charge on any atom is 0.152 e. The summed E-state index contributed by atoms with van der Waals surface area (Å²) in [5.74, 6) is 0. The molecule has 0 fully saturated rings. The Kier molecular flexibility index (Phi) is 2.19. The molecule has 1 aromatic carbocycles. The highest BCUT2D eigenvalue weighted by Crippen LogP contribution is 2.22. The zero-order valence-electron chi connectivity index (χ0n) is 7.43. The van der Waals surface area contributed by atoms with Crippen LogP contribution in [0.2, 0.25) is 0 Å². The zero-order chi connectivity index (χ0) is 9.26. The number of hydrogen-bond donors (Lipinski definition) is 0. The molecule has 3 heteroatoms. The molecule has 2 rings (SSSR count). The van der Waals surface area contributed by atoms with Gasteiger partial charge in [-0.2, -0.15) is 0 Å². The van der Waals surface area contributed by atoms with E-state index in [-0.39, 0.29) is 0 Å². The van der Waals surface area contributed by atoms with Gasteiger partial charge < -0.3 is 0 Å². The summed E-state index contributed by atoms with van der Waals surface area (Å²) in [6.07, 6.45) is 3.89. The lowest BCUT2D eigenvalue weighted by Gasteiger charge is -2.21. The molecular formula is C10H11NOS. The Hall–Kier alpha value is -1.09. The van der Waals surface area contributed by atoms with Crippen molar-refractivity contribution in [2.75, 3.05) is 6.54 Å². The predicted molar refractivity (Wildman–Crippen MR) is 54.3 cm³/mol. The van der Waals surface area contributed by atoms with Crippen LogP contribution in [0.25, 0.3) is 6.08 Å². The molecule has 1 aromatic rings. The van der Waals surface area contributed by atoms with Crippen molar-refractivity contribution in [3.63, 3.8) is 0 Å². The topological polar surface area (TPSA) is 20.3 Å². The Balaban J connectivity index is 2.48. The molecule has 0 aromatic heterocycles. The lowest BCUT2D eigenvalue weighted by molar-refractivity contribution is 0.584. The third-order valence-electron chi connectivity index (χ3n) is 2.05. The molecule has 1 aliphatic rings. The van der Waals surface area contributed by atoms with E-state index in [2.05, 4.69) is 0 Å². The van der Waals surface area contributed by atoms with Gasteiger partial charge in [-0.25, -0.2) is 4.21 Å². The summed E-state index contributed by atoms with van der Waals surface area (Å²) in [7, 11) is -1.01. The summed E-state index contributed by atoms with van der Waals surface area (Å²) in [5.41, 5.74) is 1.06. The lowest BCUT2D eigenvalue weighted by Crippen LogP contribution is -2.22. The second-order valence-electron chi connectivity index (χ2n) is 2.84. The summed E-state index contributed by atoms with van der Waals surface area (Å²) in [6.45, 7) is 2.77. The van der Waals surface area contributed by atoms with Crippen LogP contribution in [-0.2, 0) is 11.0 Å². The van der Waals surface area contributed by atoms with Crippen LogP contribution in [0.4, 0.5) is 0 Å². The van der Waals surface area contributed by atoms with Crippen LogP contribution in [0.15, 0.2) is 35.4 Å². The molecule has 0 saturated heterocycles. The second-order valence-corrected chi connectivity index (χ2v) is 4.24. The van der Waals surface area contributed by atoms with E-state index in [0.29, 0.717) is 0 Å². The van der Waals surface area contributed by atoms with E-state index in [1.165, 1.54) is 0 Å². The van der Waals surface area contributed by atoms with E-state index >= 15 is 0 Å². The van der Waals surface area contributed by atoms with Crippen LogP contribution in [0, 0.1) is 0 Å². The highest BCUT2D eigenvalue weighted by molar-refractivity contribution is 7.83. The molecule has 0 bridgehead atoms. The molecule has 0 N–H and O–H groups in total. The molecule has 68 valence electrons. The SMILES string of the molecule is CCN1C=Cc2ccccc2S1=O. The molecule has 0 aliphatic carbocycles. The Labute approximate surface area is 80.5 Å². The Morgan fingerprint density at radius 3 is 2.92 bits per heavy atom. The molecular weight excluding hydrogens is 182 g/mol. The third kappa shape index (κ3) is 1.40. The van der Waals surface area contributed by atoms with Crippen molar-refractivity contribution in [1.82, 2.24) is 4.31 Å². The molecule has 1 aliphatic heterocycles. The predicted octanol–water partition coefficient (Wildman–Crippen LogP) is 2.02. The number of fused-ring (bicyclic) bond motifs is 1. The summed E-state index contributed by atoms with van der Waals surface area (Å²) in [4.78, 5) is 0.909. The molecule has 0 saturated carbocycles. The molecule has 0 amide bonds. The van der Waals surface area contributed by atoms with Crippen molar-refractivity contribution in [3.8, 4) is 0 Å². The highest BCUT2D eigenvalue weighted by atomic mass is 32.2. The van der Waals surface area contributed by atoms with Crippen molar-refractivity contribution in [2.45, 2.75) is 11.8 Å². The van der Waals surface area contributed by atoms with Crippen molar-refractivity contribution < 1.29 is 4.21 Å². The van der Waals surface area contributed by atoms with E-state index in [9.17, 15) is 4.21 Å². The van der Waals surface area contributed by atoms with Crippen molar-refractivity contribution >= 4 is 17.1 Å². The van der Waals surface area contributed by atoms with Gasteiger partial charge >= 0.3 is 0 Å². The minimum atomic E-state index is -1.01. The standard InChI is InChI=1S/C10H11NOS/c1-2-11-8-7-9-5-3-4-6-10(9)13(11)12/h3-8H,2H2,1H3. The van der Waals surface area contributed by atoms with Crippen LogP contribution < -0.4 is 0 Å². The number of rotatable bonds is 1. The fourth-order valence-corrected chi connectivity index (χ4v) is 2.54. The summed E-state index contributed by atoms with van der Waals surface area (Å²) in [5, 5.41) is 0. The molecule has 1 unspecified atom stereocenters. The monoisotopic (exact) mass is 193 g/mol. The first-order valence-corrected chi connectivity index (χ1v) is 5.39. The van der Waals surface area contributed by atoms with Crippen molar-refractivity contribution in [3.05, 3.63) is 36.0 Å². The average Bonchev–Trinajstić information content (AvgIpc) is 2.19. The Morgan fingerprint density at radius 2 is 2.15 bits per heavy atom. The number of nitrogens with zero attached hydrogens (tertiary/aromatic N) is 1. The third-order valence-corrected chi connectivity index (χ3v) is 3.61. The first-order valence-electron chi connectivity index (χ1n) is 4.28. The van der Waals surface area contributed by atoms with Crippen molar-refractivity contribution in [2.24, 2.45) is 0 Å². The smallest absolute Gasteiger partial charge is 0.152 e. The van der Waals surface area contributed by atoms with Gasteiger partial charge in [-0.05, 0) is 24.6 Å². The van der Waals surface area contributed by atoms with E-state index in [4.69, 9.17) is 0 Å². The van der Waals surface area contributed by atoms with E-state index in [0.717, 1.165) is 17.0 Å². The van der Waals surface area contributed by atoms with E-state index < -0.39 is 11.0 Å². The van der Waals surface area contributed by atoms with Crippen molar-refractivity contribution in [1.29, 1.82) is 0 Å². The summed E-state index contributed by atoms with van der Waals surface area (Å²) < 4.78 is 13.7. The first-order chi connectivity index (χ1) is 6.33. The van der Waals surface area contributed by atoms with Crippen LogP contribution in [-0.4, -0.2) is 15.1 Å². The number of benzene rings is 1. The highest BCUT2D eigenvalue weighted by Gasteiger charge is 2.16. The molecule has 0 spiro atoms. The van der Waals surface area contributed by atoms with Crippen LogP contribution >= 0.6 is 0 Å². The quantitative estimate of drug-likeness (QED) is 0.668. The molecule has 13 heavy (non-hydrogen) atoms. The van der Waals surface area contributed by atoms with Gasteiger partial charge in [0.15, 0.2) is 11.0 Å². The van der Waals surface area contributed by atoms with Gasteiger partial charge in [-0.3, -0.25) is 4.31 Å².